The number of β-amino-alcohol motifs (C(OH)–C–C–N with tert-alkyl or cyclic N) is 1. The third-order valence-corrected chi connectivity index (χ3v) is 10.1. The molecule has 8 nitrogen and oxygen atoms in total. The lowest BCUT2D eigenvalue weighted by Crippen LogP contribution is -2.46. The van der Waals surface area contributed by atoms with E-state index in [4.69, 9.17) is 11.6 Å². The number of fused-ring (bicyclic) bond motifs is 1. The van der Waals surface area contributed by atoms with Gasteiger partial charge in [-0.15, -0.1) is 11.3 Å². The standard InChI is InChI=1S/C31H30ClN7OS2/c1-37-9-8-34-31(37)42-29-6-3-23(17-26(29)32)36-30-22(18-33)19-35-27-16-21(2-5-25(27)30)28-7-4-24(41-28)20-39-12-10-38(11-13-39)14-15-40/h2-9,16-17,19,40H,10-15,20H2,1H3,(H,35,36). The largest absolute Gasteiger partial charge is 0.395 e. The molecule has 0 unspecified atom stereocenters. The van der Waals surface area contributed by atoms with Gasteiger partial charge in [0.25, 0.3) is 0 Å². The number of imidazole rings is 1. The molecule has 1 aliphatic rings. The Kier molecular flexibility index (Phi) is 8.76. The number of nitrogens with zero attached hydrogens (tertiary/aromatic N) is 6. The van der Waals surface area contributed by atoms with E-state index < -0.39 is 0 Å². The molecule has 5 aromatic rings. The fraction of sp³-hybridized carbons (Fsp3) is 0.258. The van der Waals surface area contributed by atoms with Crippen molar-refractivity contribution < 1.29 is 5.11 Å². The van der Waals surface area contributed by atoms with Crippen LogP contribution in [0.4, 0.5) is 11.4 Å². The predicted molar refractivity (Wildman–Crippen MR) is 171 cm³/mol. The Labute approximate surface area is 258 Å². The van der Waals surface area contributed by atoms with E-state index in [1.807, 2.05) is 42.1 Å². The maximum atomic E-state index is 9.85. The first-order valence-corrected chi connectivity index (χ1v) is 15.7. The normalized spacial score (nSPS) is 14.3. The highest BCUT2D eigenvalue weighted by Gasteiger charge is 2.18. The van der Waals surface area contributed by atoms with Crippen molar-refractivity contribution in [1.82, 2.24) is 24.3 Å². The van der Waals surface area contributed by atoms with Crippen molar-refractivity contribution in [2.24, 2.45) is 7.05 Å². The number of hydrogen-bond donors (Lipinski definition) is 2. The highest BCUT2D eigenvalue weighted by Crippen LogP contribution is 2.37. The molecule has 0 radical (unpaired) electrons. The Morgan fingerprint density at radius 1 is 1.07 bits per heavy atom. The molecule has 4 heterocycles. The summed E-state index contributed by atoms with van der Waals surface area (Å²) < 4.78 is 1.95. The maximum Gasteiger partial charge on any atom is 0.172 e. The molecule has 214 valence electrons. The smallest absolute Gasteiger partial charge is 0.172 e. The van der Waals surface area contributed by atoms with Crippen LogP contribution in [-0.2, 0) is 13.6 Å². The van der Waals surface area contributed by atoms with E-state index in [0.29, 0.717) is 16.3 Å². The lowest BCUT2D eigenvalue weighted by Gasteiger charge is -2.34. The summed E-state index contributed by atoms with van der Waals surface area (Å²) in [6, 6.07) is 18.7. The number of benzene rings is 2. The van der Waals surface area contributed by atoms with Crippen LogP contribution in [0.25, 0.3) is 21.3 Å². The van der Waals surface area contributed by atoms with E-state index in [0.717, 1.165) is 71.5 Å². The van der Waals surface area contributed by atoms with E-state index in [9.17, 15) is 10.4 Å². The second kappa shape index (κ2) is 12.8. The number of aliphatic hydroxyl groups is 1. The summed E-state index contributed by atoms with van der Waals surface area (Å²) in [5.41, 5.74) is 3.89. The highest BCUT2D eigenvalue weighted by atomic mass is 35.5. The molecular weight excluding hydrogens is 586 g/mol. The molecule has 11 heteroatoms. The summed E-state index contributed by atoms with van der Waals surface area (Å²) in [6.45, 7) is 5.93. The van der Waals surface area contributed by atoms with Crippen LogP contribution in [0.1, 0.15) is 10.4 Å². The number of halogens is 1. The molecule has 0 atom stereocenters. The van der Waals surface area contributed by atoms with Crippen LogP contribution < -0.4 is 5.32 Å². The zero-order valence-corrected chi connectivity index (χ0v) is 25.5. The fourth-order valence-corrected chi connectivity index (χ4v) is 7.22. The topological polar surface area (TPSA) is 93.2 Å². The molecule has 3 aromatic heterocycles. The Balaban J connectivity index is 1.20. The summed E-state index contributed by atoms with van der Waals surface area (Å²) in [6.07, 6.45) is 5.28. The van der Waals surface area contributed by atoms with Gasteiger partial charge < -0.3 is 15.0 Å². The van der Waals surface area contributed by atoms with Crippen LogP contribution in [0.2, 0.25) is 5.02 Å². The number of aryl methyl sites for hydroxylation is 1. The first-order valence-electron chi connectivity index (χ1n) is 13.7. The molecule has 0 spiro atoms. The van der Waals surface area contributed by atoms with E-state index in [1.54, 1.807) is 23.7 Å². The van der Waals surface area contributed by atoms with Gasteiger partial charge in [0.15, 0.2) is 5.16 Å². The molecule has 0 amide bonds. The number of nitriles is 1. The first kappa shape index (κ1) is 28.7. The summed E-state index contributed by atoms with van der Waals surface area (Å²) in [5.74, 6) is 0. The molecule has 2 aromatic carbocycles. The van der Waals surface area contributed by atoms with Crippen molar-refractivity contribution in [2.45, 2.75) is 16.6 Å². The summed E-state index contributed by atoms with van der Waals surface area (Å²) in [7, 11) is 1.95. The highest BCUT2D eigenvalue weighted by molar-refractivity contribution is 7.99. The second-order valence-corrected chi connectivity index (χ2v) is 12.8. The number of pyridine rings is 1. The van der Waals surface area contributed by atoms with Crippen LogP contribution in [0.3, 0.4) is 0 Å². The number of aliphatic hydroxyl groups excluding tert-OH is 1. The number of rotatable bonds is 9. The average molecular weight is 616 g/mol. The maximum absolute atomic E-state index is 9.85. The van der Waals surface area contributed by atoms with Gasteiger partial charge in [-0.25, -0.2) is 4.98 Å². The molecular formula is C31H30ClN7OS2. The molecule has 0 bridgehead atoms. The van der Waals surface area contributed by atoms with Crippen LogP contribution in [0, 0.1) is 11.3 Å². The molecule has 1 saturated heterocycles. The lowest BCUT2D eigenvalue weighted by atomic mass is 10.1. The van der Waals surface area contributed by atoms with Gasteiger partial charge in [0.05, 0.1) is 28.4 Å². The zero-order chi connectivity index (χ0) is 29.1. The fourth-order valence-electron chi connectivity index (χ4n) is 5.07. The Morgan fingerprint density at radius 2 is 1.90 bits per heavy atom. The quantitative estimate of drug-likeness (QED) is 0.202. The van der Waals surface area contributed by atoms with Crippen molar-refractivity contribution in [3.63, 3.8) is 0 Å². The van der Waals surface area contributed by atoms with Gasteiger partial charge in [-0.3, -0.25) is 14.8 Å². The van der Waals surface area contributed by atoms with Crippen molar-refractivity contribution >= 4 is 57.0 Å². The van der Waals surface area contributed by atoms with Crippen LogP contribution >= 0.6 is 34.7 Å². The zero-order valence-electron chi connectivity index (χ0n) is 23.1. The monoisotopic (exact) mass is 615 g/mol. The minimum atomic E-state index is 0.220. The predicted octanol–water partition coefficient (Wildman–Crippen LogP) is 6.23. The van der Waals surface area contributed by atoms with Gasteiger partial charge in [0, 0.05) is 90.6 Å². The van der Waals surface area contributed by atoms with E-state index in [-0.39, 0.29) is 6.61 Å². The minimum Gasteiger partial charge on any atom is -0.395 e. The van der Waals surface area contributed by atoms with Crippen molar-refractivity contribution in [2.75, 3.05) is 44.6 Å². The molecule has 6 rings (SSSR count). The molecule has 42 heavy (non-hydrogen) atoms. The van der Waals surface area contributed by atoms with Gasteiger partial charge in [0.1, 0.15) is 6.07 Å². The SMILES string of the molecule is Cn1ccnc1Sc1ccc(Nc2c(C#N)cnc3cc(-c4ccc(CN5CCN(CCO)CC5)s4)ccc23)cc1Cl. The van der Waals surface area contributed by atoms with Crippen molar-refractivity contribution in [3.8, 4) is 16.5 Å². The number of piperazine rings is 1. The first-order chi connectivity index (χ1) is 20.5. The molecule has 2 N–H and O–H groups in total. The molecule has 1 aliphatic heterocycles. The summed E-state index contributed by atoms with van der Waals surface area (Å²) >= 11 is 9.95. The van der Waals surface area contributed by atoms with E-state index >= 15 is 0 Å². The third-order valence-electron chi connectivity index (χ3n) is 7.38. The average Bonchev–Trinajstić information content (AvgIpc) is 3.64. The second-order valence-electron chi connectivity index (χ2n) is 10.2. The number of anilines is 2. The summed E-state index contributed by atoms with van der Waals surface area (Å²) in [5, 5.41) is 24.8. The summed E-state index contributed by atoms with van der Waals surface area (Å²) in [4.78, 5) is 17.2. The van der Waals surface area contributed by atoms with E-state index in [2.05, 4.69) is 55.4 Å². The van der Waals surface area contributed by atoms with Crippen LogP contribution in [-0.4, -0.2) is 68.8 Å². The molecule has 0 aliphatic carbocycles. The van der Waals surface area contributed by atoms with Gasteiger partial charge >= 0.3 is 0 Å². The Hall–Kier alpha value is -3.43. The van der Waals surface area contributed by atoms with Gasteiger partial charge in [-0.1, -0.05) is 35.5 Å². The van der Waals surface area contributed by atoms with Crippen LogP contribution in [0.15, 0.2) is 77.2 Å². The number of nitrogens with one attached hydrogen (secondary N) is 1. The molecule has 0 saturated carbocycles. The van der Waals surface area contributed by atoms with E-state index in [1.165, 1.54) is 21.5 Å². The van der Waals surface area contributed by atoms with Gasteiger partial charge in [0.2, 0.25) is 0 Å². The van der Waals surface area contributed by atoms with Gasteiger partial charge in [-0.2, -0.15) is 5.26 Å². The van der Waals surface area contributed by atoms with Crippen LogP contribution in [0.5, 0.6) is 0 Å². The Morgan fingerprint density at radius 3 is 2.64 bits per heavy atom. The Bertz CT molecular complexity index is 1750. The van der Waals surface area contributed by atoms with Crippen molar-refractivity contribution in [1.29, 1.82) is 5.26 Å². The lowest BCUT2D eigenvalue weighted by molar-refractivity contribution is 0.109. The number of aromatic nitrogens is 3. The molecule has 1 fully saturated rings. The number of hydrogen-bond acceptors (Lipinski definition) is 9. The van der Waals surface area contributed by atoms with Gasteiger partial charge in [-0.05, 0) is 42.0 Å². The third kappa shape index (κ3) is 6.32. The van der Waals surface area contributed by atoms with Crippen molar-refractivity contribution in [3.05, 3.63) is 82.6 Å². The number of thiophene rings is 1. The minimum absolute atomic E-state index is 0.220.